The summed E-state index contributed by atoms with van der Waals surface area (Å²) in [6.07, 6.45) is 1.50. The Bertz CT molecular complexity index is 973. The van der Waals surface area contributed by atoms with Crippen LogP contribution in [0.3, 0.4) is 0 Å². The molecule has 1 heterocycles. The van der Waals surface area contributed by atoms with Crippen molar-refractivity contribution in [3.63, 3.8) is 0 Å². The van der Waals surface area contributed by atoms with E-state index in [0.717, 1.165) is 23.4 Å². The smallest absolute Gasteiger partial charge is 0.274 e. The number of benzene rings is 2. The fourth-order valence-corrected chi connectivity index (χ4v) is 2.39. The molecule has 3 rings (SSSR count). The second-order valence-corrected chi connectivity index (χ2v) is 5.94. The molecule has 0 fully saturated rings. The predicted octanol–water partition coefficient (Wildman–Crippen LogP) is 4.97. The summed E-state index contributed by atoms with van der Waals surface area (Å²) in [6.45, 7) is 4.06. The molecule has 0 aliphatic rings. The highest BCUT2D eigenvalue weighted by Gasteiger charge is 2.10. The molecule has 3 aromatic rings. The van der Waals surface area contributed by atoms with Crippen LogP contribution in [-0.4, -0.2) is 10.9 Å². The van der Waals surface area contributed by atoms with Crippen LogP contribution in [0.25, 0.3) is 0 Å². The van der Waals surface area contributed by atoms with Crippen LogP contribution in [0.5, 0.6) is 0 Å². The molecule has 0 radical (unpaired) electrons. The van der Waals surface area contributed by atoms with E-state index in [1.165, 1.54) is 17.8 Å². The Kier molecular flexibility index (Phi) is 4.93. The molecule has 0 aliphatic carbocycles. The minimum absolute atomic E-state index is 0.156. The van der Waals surface area contributed by atoms with Gasteiger partial charge in [-0.3, -0.25) is 9.78 Å². The third-order valence-electron chi connectivity index (χ3n) is 3.97. The van der Waals surface area contributed by atoms with Crippen molar-refractivity contribution in [3.05, 3.63) is 83.2 Å². The standard InChI is InChI=1S/C20H17F2N3O/c1-12-3-4-14(9-13(12)2)24-16-7-8-23-19(11-16)20(26)25-15-5-6-17(21)18(22)10-15/h3-11H,1-2H3,(H,23,24)(H,25,26). The van der Waals surface area contributed by atoms with E-state index < -0.39 is 17.5 Å². The second kappa shape index (κ2) is 7.31. The number of pyridine rings is 1. The topological polar surface area (TPSA) is 54.0 Å². The van der Waals surface area contributed by atoms with Crippen molar-refractivity contribution in [3.8, 4) is 0 Å². The first-order valence-corrected chi connectivity index (χ1v) is 7.99. The Morgan fingerprint density at radius 1 is 0.846 bits per heavy atom. The lowest BCUT2D eigenvalue weighted by atomic mass is 10.1. The van der Waals surface area contributed by atoms with Crippen LogP contribution in [0, 0.1) is 25.5 Å². The van der Waals surface area contributed by atoms with E-state index in [9.17, 15) is 13.6 Å². The Balaban J connectivity index is 1.76. The Labute approximate surface area is 149 Å². The number of nitrogens with zero attached hydrogens (tertiary/aromatic N) is 1. The average molecular weight is 353 g/mol. The zero-order chi connectivity index (χ0) is 18.7. The van der Waals surface area contributed by atoms with Crippen LogP contribution in [0.1, 0.15) is 21.6 Å². The van der Waals surface area contributed by atoms with Crippen molar-refractivity contribution < 1.29 is 13.6 Å². The average Bonchev–Trinajstić information content (AvgIpc) is 2.61. The van der Waals surface area contributed by atoms with Crippen molar-refractivity contribution in [2.45, 2.75) is 13.8 Å². The fraction of sp³-hybridized carbons (Fsp3) is 0.100. The van der Waals surface area contributed by atoms with Crippen LogP contribution in [0.2, 0.25) is 0 Å². The van der Waals surface area contributed by atoms with Gasteiger partial charge in [0.1, 0.15) is 5.69 Å². The van der Waals surface area contributed by atoms with E-state index in [1.54, 1.807) is 12.1 Å². The number of carbonyl (C=O) groups excluding carboxylic acids is 1. The Morgan fingerprint density at radius 2 is 1.58 bits per heavy atom. The van der Waals surface area contributed by atoms with Crippen LogP contribution in [-0.2, 0) is 0 Å². The number of amides is 1. The summed E-state index contributed by atoms with van der Waals surface area (Å²) in [7, 11) is 0. The van der Waals surface area contributed by atoms with Gasteiger partial charge in [0.15, 0.2) is 11.6 Å². The van der Waals surface area contributed by atoms with Gasteiger partial charge in [0.2, 0.25) is 0 Å². The lowest BCUT2D eigenvalue weighted by molar-refractivity contribution is 0.102. The van der Waals surface area contributed by atoms with Gasteiger partial charge in [-0.05, 0) is 61.4 Å². The molecule has 2 N–H and O–H groups in total. The van der Waals surface area contributed by atoms with Gasteiger partial charge in [0.25, 0.3) is 5.91 Å². The number of rotatable bonds is 4. The number of aryl methyl sites for hydroxylation is 2. The highest BCUT2D eigenvalue weighted by Crippen LogP contribution is 2.20. The van der Waals surface area contributed by atoms with Crippen molar-refractivity contribution in [2.24, 2.45) is 0 Å². The summed E-state index contributed by atoms with van der Waals surface area (Å²) in [6, 6.07) is 12.5. The van der Waals surface area contributed by atoms with Crippen LogP contribution in [0.4, 0.5) is 25.8 Å². The monoisotopic (exact) mass is 353 g/mol. The van der Waals surface area contributed by atoms with Gasteiger partial charge in [-0.1, -0.05) is 6.07 Å². The quantitative estimate of drug-likeness (QED) is 0.696. The lowest BCUT2D eigenvalue weighted by Gasteiger charge is -2.10. The minimum Gasteiger partial charge on any atom is -0.355 e. The van der Waals surface area contributed by atoms with E-state index >= 15 is 0 Å². The molecule has 1 aromatic heterocycles. The van der Waals surface area contributed by atoms with Gasteiger partial charge in [0, 0.05) is 29.3 Å². The second-order valence-electron chi connectivity index (χ2n) is 5.94. The van der Waals surface area contributed by atoms with E-state index in [4.69, 9.17) is 0 Å². The molecular weight excluding hydrogens is 336 g/mol. The van der Waals surface area contributed by atoms with Gasteiger partial charge in [0.05, 0.1) is 0 Å². The largest absolute Gasteiger partial charge is 0.355 e. The van der Waals surface area contributed by atoms with Gasteiger partial charge < -0.3 is 10.6 Å². The third kappa shape index (κ3) is 4.03. The maximum Gasteiger partial charge on any atom is 0.274 e. The number of nitrogens with one attached hydrogen (secondary N) is 2. The van der Waals surface area contributed by atoms with E-state index in [1.807, 2.05) is 32.0 Å². The molecule has 0 spiro atoms. The first-order chi connectivity index (χ1) is 12.4. The molecule has 6 heteroatoms. The summed E-state index contributed by atoms with van der Waals surface area (Å²) < 4.78 is 26.2. The number of halogens is 2. The summed E-state index contributed by atoms with van der Waals surface area (Å²) in [4.78, 5) is 16.3. The molecule has 0 saturated carbocycles. The third-order valence-corrected chi connectivity index (χ3v) is 3.97. The molecule has 132 valence electrons. The minimum atomic E-state index is -1.03. The van der Waals surface area contributed by atoms with Gasteiger partial charge in [-0.25, -0.2) is 8.78 Å². The first-order valence-electron chi connectivity index (χ1n) is 7.99. The number of aromatic nitrogens is 1. The predicted molar refractivity (Wildman–Crippen MR) is 97.7 cm³/mol. The number of hydrogen-bond donors (Lipinski definition) is 2. The zero-order valence-corrected chi connectivity index (χ0v) is 14.3. The van der Waals surface area contributed by atoms with Crippen molar-refractivity contribution in [1.82, 2.24) is 4.98 Å². The number of hydrogen-bond acceptors (Lipinski definition) is 3. The molecule has 0 aliphatic heterocycles. The maximum atomic E-state index is 13.2. The SMILES string of the molecule is Cc1ccc(Nc2ccnc(C(=O)Nc3ccc(F)c(F)c3)c2)cc1C. The maximum absolute atomic E-state index is 13.2. The molecule has 2 aromatic carbocycles. The molecule has 26 heavy (non-hydrogen) atoms. The van der Waals surface area contributed by atoms with Crippen molar-refractivity contribution >= 4 is 23.0 Å². The Morgan fingerprint density at radius 3 is 2.31 bits per heavy atom. The fourth-order valence-electron chi connectivity index (χ4n) is 2.39. The molecular formula is C20H17F2N3O. The molecule has 0 saturated heterocycles. The van der Waals surface area contributed by atoms with E-state index in [2.05, 4.69) is 15.6 Å². The van der Waals surface area contributed by atoms with E-state index in [-0.39, 0.29) is 11.4 Å². The normalized spacial score (nSPS) is 10.5. The molecule has 0 unspecified atom stereocenters. The van der Waals surface area contributed by atoms with Crippen LogP contribution in [0.15, 0.2) is 54.7 Å². The molecule has 0 atom stereocenters. The highest BCUT2D eigenvalue weighted by molar-refractivity contribution is 6.03. The Hall–Kier alpha value is -3.28. The van der Waals surface area contributed by atoms with Gasteiger partial charge in [-0.15, -0.1) is 0 Å². The molecule has 1 amide bonds. The number of anilines is 3. The first kappa shape index (κ1) is 17.5. The summed E-state index contributed by atoms with van der Waals surface area (Å²) in [5.74, 6) is -2.51. The van der Waals surface area contributed by atoms with Crippen molar-refractivity contribution in [1.29, 1.82) is 0 Å². The van der Waals surface area contributed by atoms with E-state index in [0.29, 0.717) is 5.69 Å². The van der Waals surface area contributed by atoms with Crippen LogP contribution >= 0.6 is 0 Å². The lowest BCUT2D eigenvalue weighted by Crippen LogP contribution is -2.14. The van der Waals surface area contributed by atoms with Crippen molar-refractivity contribution in [2.75, 3.05) is 10.6 Å². The summed E-state index contributed by atoms with van der Waals surface area (Å²) >= 11 is 0. The highest BCUT2D eigenvalue weighted by atomic mass is 19.2. The summed E-state index contributed by atoms with van der Waals surface area (Å²) in [5.41, 5.74) is 4.24. The summed E-state index contributed by atoms with van der Waals surface area (Å²) in [5, 5.41) is 5.72. The van der Waals surface area contributed by atoms with Crippen LogP contribution < -0.4 is 10.6 Å². The molecule has 0 bridgehead atoms. The zero-order valence-electron chi connectivity index (χ0n) is 14.3. The van der Waals surface area contributed by atoms with Gasteiger partial charge in [-0.2, -0.15) is 0 Å². The molecule has 4 nitrogen and oxygen atoms in total. The number of carbonyl (C=O) groups is 1. The van der Waals surface area contributed by atoms with Gasteiger partial charge >= 0.3 is 0 Å².